The smallest absolute Gasteiger partial charge is 0.337 e. The fourth-order valence-electron chi connectivity index (χ4n) is 1.96. The minimum Gasteiger partial charge on any atom is -0.478 e. The maximum absolute atomic E-state index is 12.3. The normalized spacial score (nSPS) is 11.2. The van der Waals surface area contributed by atoms with Crippen molar-refractivity contribution in [2.75, 3.05) is 0 Å². The number of carbonyl (C=O) groups excluding carboxylic acids is 1. The first-order chi connectivity index (χ1) is 9.81. The Hall–Kier alpha value is -2.21. The number of thiophene rings is 1. The van der Waals surface area contributed by atoms with Crippen molar-refractivity contribution in [3.05, 3.63) is 51.5 Å². The van der Waals surface area contributed by atoms with Crippen LogP contribution in [0.1, 0.15) is 45.3 Å². The largest absolute Gasteiger partial charge is 0.478 e. The minimum atomic E-state index is -1.05. The number of pyridine rings is 1. The molecule has 0 unspecified atom stereocenters. The number of hydrogen-bond acceptors (Lipinski definition) is 4. The maximum atomic E-state index is 12.3. The van der Waals surface area contributed by atoms with E-state index in [1.54, 1.807) is 18.3 Å². The molecule has 0 aliphatic heterocycles. The highest BCUT2D eigenvalue weighted by Crippen LogP contribution is 2.25. The molecule has 110 valence electrons. The van der Waals surface area contributed by atoms with Crippen molar-refractivity contribution in [2.45, 2.75) is 26.3 Å². The molecule has 0 aliphatic carbocycles. The van der Waals surface area contributed by atoms with Gasteiger partial charge in [0.05, 0.1) is 16.8 Å². The Bertz CT molecular complexity index is 678. The molecule has 0 aromatic carbocycles. The summed E-state index contributed by atoms with van der Waals surface area (Å²) in [6.45, 7) is 5.40. The fourth-order valence-corrected chi connectivity index (χ4v) is 2.76. The highest BCUT2D eigenvalue weighted by Gasteiger charge is 2.25. The van der Waals surface area contributed by atoms with Gasteiger partial charge in [-0.15, -0.1) is 11.3 Å². The Morgan fingerprint density at radius 3 is 2.52 bits per heavy atom. The predicted octanol–water partition coefficient (Wildman–Crippen LogP) is 2.81. The van der Waals surface area contributed by atoms with Crippen LogP contribution in [0.4, 0.5) is 0 Å². The standard InChI is InChI=1S/C15H16N2O3S/c1-9-10(14(19)20)6-7-11(16-9)13(18)17-15(2,3)12-5-4-8-21-12/h4-8H,1-3H3,(H,17,18)(H,19,20). The predicted molar refractivity (Wildman–Crippen MR) is 80.7 cm³/mol. The third-order valence-corrected chi connectivity index (χ3v) is 4.31. The summed E-state index contributed by atoms with van der Waals surface area (Å²) < 4.78 is 0. The fraction of sp³-hybridized carbons (Fsp3) is 0.267. The van der Waals surface area contributed by atoms with Crippen LogP contribution in [0.2, 0.25) is 0 Å². The molecule has 0 radical (unpaired) electrons. The number of carboxylic acids is 1. The molecule has 0 aliphatic rings. The van der Waals surface area contributed by atoms with Crippen LogP contribution in [0.15, 0.2) is 29.6 Å². The van der Waals surface area contributed by atoms with E-state index in [2.05, 4.69) is 10.3 Å². The Labute approximate surface area is 126 Å². The van der Waals surface area contributed by atoms with Gasteiger partial charge in [-0.1, -0.05) is 6.07 Å². The Kier molecular flexibility index (Phi) is 4.09. The lowest BCUT2D eigenvalue weighted by Gasteiger charge is -2.25. The molecule has 0 fully saturated rings. The zero-order chi connectivity index (χ0) is 15.6. The number of nitrogens with zero attached hydrogens (tertiary/aromatic N) is 1. The molecule has 0 spiro atoms. The van der Waals surface area contributed by atoms with Gasteiger partial charge in [-0.2, -0.15) is 0 Å². The molecular formula is C15H16N2O3S. The van der Waals surface area contributed by atoms with Crippen LogP contribution in [0, 0.1) is 6.92 Å². The van der Waals surface area contributed by atoms with E-state index in [1.807, 2.05) is 31.4 Å². The number of hydrogen-bond donors (Lipinski definition) is 2. The zero-order valence-electron chi connectivity index (χ0n) is 12.0. The van der Waals surface area contributed by atoms with Crippen molar-refractivity contribution in [1.29, 1.82) is 0 Å². The first kappa shape index (κ1) is 15.2. The minimum absolute atomic E-state index is 0.101. The number of aryl methyl sites for hydroxylation is 1. The molecule has 2 aromatic heterocycles. The lowest BCUT2D eigenvalue weighted by molar-refractivity contribution is 0.0694. The monoisotopic (exact) mass is 304 g/mol. The maximum Gasteiger partial charge on any atom is 0.337 e. The van der Waals surface area contributed by atoms with Gasteiger partial charge in [0.1, 0.15) is 5.69 Å². The summed E-state index contributed by atoms with van der Waals surface area (Å²) in [5, 5.41) is 13.8. The highest BCUT2D eigenvalue weighted by molar-refractivity contribution is 7.10. The van der Waals surface area contributed by atoms with E-state index in [9.17, 15) is 9.59 Å². The van der Waals surface area contributed by atoms with Gasteiger partial charge in [0, 0.05) is 4.88 Å². The zero-order valence-corrected chi connectivity index (χ0v) is 12.8. The summed E-state index contributed by atoms with van der Waals surface area (Å²) in [6, 6.07) is 6.71. The third-order valence-electron chi connectivity index (χ3n) is 3.11. The molecule has 1 amide bonds. The molecule has 6 heteroatoms. The van der Waals surface area contributed by atoms with Gasteiger partial charge in [0.2, 0.25) is 0 Å². The summed E-state index contributed by atoms with van der Waals surface area (Å²) in [5.41, 5.74) is 0.127. The molecule has 21 heavy (non-hydrogen) atoms. The van der Waals surface area contributed by atoms with Crippen LogP contribution in [-0.2, 0) is 5.54 Å². The van der Waals surface area contributed by atoms with Crippen LogP contribution in [0.25, 0.3) is 0 Å². The summed E-state index contributed by atoms with van der Waals surface area (Å²) in [5.74, 6) is -1.38. The van der Waals surface area contributed by atoms with Gasteiger partial charge < -0.3 is 10.4 Å². The van der Waals surface area contributed by atoms with Crippen LogP contribution < -0.4 is 5.32 Å². The number of rotatable bonds is 4. The lowest BCUT2D eigenvalue weighted by atomic mass is 10.0. The molecule has 0 saturated heterocycles. The molecule has 2 aromatic rings. The van der Waals surface area contributed by atoms with Gasteiger partial charge >= 0.3 is 5.97 Å². The topological polar surface area (TPSA) is 79.3 Å². The first-order valence-electron chi connectivity index (χ1n) is 6.38. The van der Waals surface area contributed by atoms with Gasteiger partial charge in [-0.05, 0) is 44.4 Å². The van der Waals surface area contributed by atoms with Gasteiger partial charge in [0.25, 0.3) is 5.91 Å². The Balaban J connectivity index is 2.21. The van der Waals surface area contributed by atoms with Gasteiger partial charge in [-0.3, -0.25) is 4.79 Å². The first-order valence-corrected chi connectivity index (χ1v) is 7.26. The van der Waals surface area contributed by atoms with E-state index in [4.69, 9.17) is 5.11 Å². The van der Waals surface area contributed by atoms with E-state index < -0.39 is 11.5 Å². The number of carboxylic acid groups (broad SMARTS) is 1. The van der Waals surface area contributed by atoms with Gasteiger partial charge in [0.15, 0.2) is 0 Å². The van der Waals surface area contributed by atoms with Crippen LogP contribution >= 0.6 is 11.3 Å². The number of nitrogens with one attached hydrogen (secondary N) is 1. The Morgan fingerprint density at radius 2 is 2.00 bits per heavy atom. The summed E-state index contributed by atoms with van der Waals surface area (Å²) in [6.07, 6.45) is 0. The number of amides is 1. The second-order valence-corrected chi connectivity index (χ2v) is 6.14. The quantitative estimate of drug-likeness (QED) is 0.910. The third kappa shape index (κ3) is 3.28. The molecular weight excluding hydrogens is 288 g/mol. The van der Waals surface area contributed by atoms with Crippen molar-refractivity contribution in [1.82, 2.24) is 10.3 Å². The van der Waals surface area contributed by atoms with Crippen molar-refractivity contribution in [3.63, 3.8) is 0 Å². The SMILES string of the molecule is Cc1nc(C(=O)NC(C)(C)c2cccs2)ccc1C(=O)O. The van der Waals surface area contributed by atoms with Crippen LogP contribution in [0.5, 0.6) is 0 Å². The summed E-state index contributed by atoms with van der Waals surface area (Å²) in [7, 11) is 0. The number of carbonyl (C=O) groups is 2. The molecule has 0 atom stereocenters. The number of aromatic nitrogens is 1. The average Bonchev–Trinajstić information content (AvgIpc) is 2.92. The van der Waals surface area contributed by atoms with Crippen LogP contribution in [0.3, 0.4) is 0 Å². The van der Waals surface area contributed by atoms with Crippen molar-refractivity contribution >= 4 is 23.2 Å². The van der Waals surface area contributed by atoms with E-state index >= 15 is 0 Å². The molecule has 5 nitrogen and oxygen atoms in total. The summed E-state index contributed by atoms with van der Waals surface area (Å²) >= 11 is 1.56. The number of aromatic carboxylic acids is 1. The van der Waals surface area contributed by atoms with E-state index in [1.165, 1.54) is 12.1 Å². The molecule has 0 saturated carbocycles. The lowest BCUT2D eigenvalue weighted by Crippen LogP contribution is -2.40. The highest BCUT2D eigenvalue weighted by atomic mass is 32.1. The molecule has 2 rings (SSSR count). The van der Waals surface area contributed by atoms with E-state index in [-0.39, 0.29) is 17.2 Å². The van der Waals surface area contributed by atoms with Crippen molar-refractivity contribution in [3.8, 4) is 0 Å². The van der Waals surface area contributed by atoms with Crippen molar-refractivity contribution in [2.24, 2.45) is 0 Å². The van der Waals surface area contributed by atoms with E-state index in [0.29, 0.717) is 5.69 Å². The summed E-state index contributed by atoms with van der Waals surface area (Å²) in [4.78, 5) is 28.3. The average molecular weight is 304 g/mol. The Morgan fingerprint density at radius 1 is 1.29 bits per heavy atom. The molecule has 0 bridgehead atoms. The van der Waals surface area contributed by atoms with E-state index in [0.717, 1.165) is 4.88 Å². The second kappa shape index (κ2) is 5.65. The van der Waals surface area contributed by atoms with Gasteiger partial charge in [-0.25, -0.2) is 9.78 Å². The van der Waals surface area contributed by atoms with Crippen LogP contribution in [-0.4, -0.2) is 22.0 Å². The second-order valence-electron chi connectivity index (χ2n) is 5.19. The van der Waals surface area contributed by atoms with Crippen molar-refractivity contribution < 1.29 is 14.7 Å². The molecule has 2 N–H and O–H groups in total. The molecule has 2 heterocycles.